The van der Waals surface area contributed by atoms with Crippen molar-refractivity contribution in [2.24, 2.45) is 0 Å². The summed E-state index contributed by atoms with van der Waals surface area (Å²) in [6.45, 7) is 1.37. The van der Waals surface area contributed by atoms with Crippen LogP contribution in [-0.4, -0.2) is 34.1 Å². The zero-order valence-electron chi connectivity index (χ0n) is 10.2. The molecule has 1 heterocycles. The van der Waals surface area contributed by atoms with E-state index in [1.165, 1.54) is 5.38 Å². The minimum atomic E-state index is -1.70. The van der Waals surface area contributed by atoms with Crippen LogP contribution in [0.15, 0.2) is 5.38 Å². The molecule has 0 saturated carbocycles. The fraction of sp³-hybridized carbons (Fsp3) is 0.500. The molecule has 6 nitrogen and oxygen atoms in total. The van der Waals surface area contributed by atoms with Crippen LogP contribution in [0.5, 0.6) is 0 Å². The summed E-state index contributed by atoms with van der Waals surface area (Å²) in [7, 11) is 0. The molecule has 0 radical (unpaired) electrons. The lowest BCUT2D eigenvalue weighted by Gasteiger charge is -2.10. The van der Waals surface area contributed by atoms with Crippen LogP contribution in [0.25, 0.3) is 0 Å². The van der Waals surface area contributed by atoms with Gasteiger partial charge < -0.3 is 14.2 Å². The Kier molecular flexibility index (Phi) is 6.81. The van der Waals surface area contributed by atoms with Gasteiger partial charge in [-0.2, -0.15) is 0 Å². The molecule has 112 valence electrons. The third-order valence-electron chi connectivity index (χ3n) is 1.70. The van der Waals surface area contributed by atoms with E-state index in [9.17, 15) is 9.59 Å². The molecule has 0 unspecified atom stereocenters. The van der Waals surface area contributed by atoms with Gasteiger partial charge in [-0.1, -0.05) is 34.8 Å². The lowest BCUT2D eigenvalue weighted by molar-refractivity contribution is 0.0507. The Morgan fingerprint density at radius 1 is 1.30 bits per heavy atom. The predicted octanol–water partition coefficient (Wildman–Crippen LogP) is 3.34. The number of alkyl halides is 3. The van der Waals surface area contributed by atoms with Crippen molar-refractivity contribution in [2.75, 3.05) is 13.2 Å². The maximum atomic E-state index is 11.4. The van der Waals surface area contributed by atoms with E-state index in [0.29, 0.717) is 5.01 Å². The first-order valence-electron chi connectivity index (χ1n) is 5.29. The van der Waals surface area contributed by atoms with Crippen LogP contribution < -0.4 is 0 Å². The number of aromatic nitrogens is 1. The predicted molar refractivity (Wildman–Crippen MR) is 74.5 cm³/mol. The Morgan fingerprint density at radius 2 is 2.00 bits per heavy atom. The summed E-state index contributed by atoms with van der Waals surface area (Å²) in [6.07, 6.45) is -0.996. The number of thiazole rings is 1. The highest BCUT2D eigenvalue weighted by molar-refractivity contribution is 7.09. The van der Waals surface area contributed by atoms with Gasteiger partial charge in [0, 0.05) is 5.38 Å². The number of ether oxygens (including phenoxy) is 3. The van der Waals surface area contributed by atoms with E-state index in [0.717, 1.165) is 11.3 Å². The number of rotatable bonds is 5. The topological polar surface area (TPSA) is 74.7 Å². The van der Waals surface area contributed by atoms with Crippen LogP contribution in [0.3, 0.4) is 0 Å². The van der Waals surface area contributed by atoms with E-state index >= 15 is 0 Å². The minimum Gasteiger partial charge on any atom is -0.461 e. The molecular weight excluding hydrogens is 353 g/mol. The minimum absolute atomic E-state index is 0.150. The highest BCUT2D eigenvalue weighted by Crippen LogP contribution is 2.26. The molecule has 1 aromatic heterocycles. The van der Waals surface area contributed by atoms with Crippen molar-refractivity contribution in [2.45, 2.75) is 17.3 Å². The van der Waals surface area contributed by atoms with E-state index in [-0.39, 0.29) is 18.9 Å². The maximum Gasteiger partial charge on any atom is 0.508 e. The van der Waals surface area contributed by atoms with Gasteiger partial charge in [0.15, 0.2) is 5.69 Å². The second-order valence-electron chi connectivity index (χ2n) is 3.29. The van der Waals surface area contributed by atoms with Crippen LogP contribution in [0, 0.1) is 0 Å². The van der Waals surface area contributed by atoms with E-state index < -0.39 is 22.5 Å². The molecule has 0 aromatic carbocycles. The monoisotopic (exact) mass is 361 g/mol. The molecule has 1 rings (SSSR count). The normalized spacial score (nSPS) is 11.0. The number of carbonyl (C=O) groups excluding carboxylic acids is 2. The van der Waals surface area contributed by atoms with Gasteiger partial charge in [-0.05, 0) is 6.92 Å². The molecule has 0 atom stereocenters. The smallest absolute Gasteiger partial charge is 0.461 e. The van der Waals surface area contributed by atoms with Crippen molar-refractivity contribution in [3.8, 4) is 0 Å². The Morgan fingerprint density at radius 3 is 2.60 bits per heavy atom. The van der Waals surface area contributed by atoms with Crippen molar-refractivity contribution in [1.29, 1.82) is 0 Å². The average Bonchev–Trinajstić information content (AvgIpc) is 2.82. The number of hydrogen-bond donors (Lipinski definition) is 0. The number of hydrogen-bond acceptors (Lipinski definition) is 7. The van der Waals surface area contributed by atoms with Gasteiger partial charge in [0.05, 0.1) is 6.61 Å². The first-order valence-corrected chi connectivity index (χ1v) is 7.31. The molecule has 10 heteroatoms. The van der Waals surface area contributed by atoms with Gasteiger partial charge in [-0.25, -0.2) is 14.6 Å². The molecule has 0 bridgehead atoms. The zero-order valence-corrected chi connectivity index (χ0v) is 13.3. The SMILES string of the molecule is CCOC(=O)c1csc(COC(=O)OCC(Cl)(Cl)Cl)n1. The quantitative estimate of drug-likeness (QED) is 0.591. The summed E-state index contributed by atoms with van der Waals surface area (Å²) in [5.41, 5.74) is 0.158. The Balaban J connectivity index is 2.39. The highest BCUT2D eigenvalue weighted by Gasteiger charge is 2.23. The summed E-state index contributed by atoms with van der Waals surface area (Å²) in [6, 6.07) is 0. The standard InChI is InChI=1S/C10H10Cl3NO5S/c1-2-17-8(15)6-4-20-7(14-6)3-18-9(16)19-5-10(11,12)13/h4H,2-3,5H2,1H3. The number of esters is 1. The van der Waals surface area contributed by atoms with Crippen molar-refractivity contribution >= 4 is 58.3 Å². The third kappa shape index (κ3) is 6.60. The van der Waals surface area contributed by atoms with Crippen molar-refractivity contribution < 1.29 is 23.8 Å². The first kappa shape index (κ1) is 17.3. The summed E-state index contributed by atoms with van der Waals surface area (Å²) in [5.74, 6) is -0.534. The van der Waals surface area contributed by atoms with Gasteiger partial charge in [0.25, 0.3) is 0 Å². The average molecular weight is 363 g/mol. The van der Waals surface area contributed by atoms with E-state index in [4.69, 9.17) is 44.3 Å². The summed E-state index contributed by atoms with van der Waals surface area (Å²) < 4.78 is 12.4. The van der Waals surface area contributed by atoms with E-state index in [2.05, 4.69) is 9.72 Å². The molecule has 0 spiro atoms. The fourth-order valence-corrected chi connectivity index (χ4v) is 1.82. The third-order valence-corrected chi connectivity index (χ3v) is 2.85. The molecule has 0 aliphatic carbocycles. The van der Waals surface area contributed by atoms with E-state index in [1.54, 1.807) is 6.92 Å². The van der Waals surface area contributed by atoms with Gasteiger partial charge in [0.1, 0.15) is 18.2 Å². The molecule has 0 fully saturated rings. The second kappa shape index (κ2) is 7.87. The van der Waals surface area contributed by atoms with Crippen LogP contribution in [-0.2, 0) is 20.8 Å². The van der Waals surface area contributed by atoms with Crippen LogP contribution in [0.2, 0.25) is 0 Å². The fourth-order valence-electron chi connectivity index (χ4n) is 0.979. The molecule has 0 N–H and O–H groups in total. The van der Waals surface area contributed by atoms with Gasteiger partial charge >= 0.3 is 12.1 Å². The lowest BCUT2D eigenvalue weighted by Crippen LogP contribution is -2.18. The first-order chi connectivity index (χ1) is 9.31. The second-order valence-corrected chi connectivity index (χ2v) is 6.75. The van der Waals surface area contributed by atoms with Crippen molar-refractivity contribution in [3.63, 3.8) is 0 Å². The van der Waals surface area contributed by atoms with E-state index in [1.807, 2.05) is 0 Å². The molecule has 1 aromatic rings. The Hall–Kier alpha value is -0.760. The summed E-state index contributed by atoms with van der Waals surface area (Å²) >= 11 is 17.3. The van der Waals surface area contributed by atoms with Gasteiger partial charge in [0.2, 0.25) is 3.79 Å². The number of carbonyl (C=O) groups is 2. The van der Waals surface area contributed by atoms with Crippen molar-refractivity contribution in [3.05, 3.63) is 16.1 Å². The molecule has 0 saturated heterocycles. The van der Waals surface area contributed by atoms with Crippen LogP contribution in [0.4, 0.5) is 4.79 Å². The van der Waals surface area contributed by atoms with Crippen molar-refractivity contribution in [1.82, 2.24) is 4.98 Å². The molecule has 0 aliphatic heterocycles. The molecule has 0 aliphatic rings. The highest BCUT2D eigenvalue weighted by atomic mass is 35.6. The van der Waals surface area contributed by atoms with Gasteiger partial charge in [-0.15, -0.1) is 11.3 Å². The summed E-state index contributed by atoms with van der Waals surface area (Å²) in [4.78, 5) is 26.5. The molecule has 20 heavy (non-hydrogen) atoms. The Bertz CT molecular complexity index is 474. The molecule has 0 amide bonds. The molecular formula is C10H10Cl3NO5S. The maximum absolute atomic E-state index is 11.4. The number of nitrogens with zero attached hydrogens (tertiary/aromatic N) is 1. The summed E-state index contributed by atoms with van der Waals surface area (Å²) in [5, 5.41) is 1.92. The van der Waals surface area contributed by atoms with Crippen LogP contribution in [0.1, 0.15) is 22.4 Å². The Labute approximate surface area is 133 Å². The van der Waals surface area contributed by atoms with Gasteiger partial charge in [-0.3, -0.25) is 0 Å². The van der Waals surface area contributed by atoms with Crippen LogP contribution >= 0.6 is 46.1 Å². The zero-order chi connectivity index (χ0) is 15.2. The largest absolute Gasteiger partial charge is 0.508 e. The number of halogens is 3. The lowest BCUT2D eigenvalue weighted by atomic mass is 10.5.